The van der Waals surface area contributed by atoms with Crippen LogP contribution in [0.2, 0.25) is 0 Å². The molecule has 0 spiro atoms. The number of carbonyl (C=O) groups excluding carboxylic acids is 2. The van der Waals surface area contributed by atoms with E-state index in [9.17, 15) is 9.59 Å². The lowest BCUT2D eigenvalue weighted by molar-refractivity contribution is 0.0747. The highest BCUT2D eigenvalue weighted by Gasteiger charge is 2.19. The van der Waals surface area contributed by atoms with E-state index in [1.807, 2.05) is 49.4 Å². The maximum Gasteiger partial charge on any atom is 0.273 e. The summed E-state index contributed by atoms with van der Waals surface area (Å²) >= 11 is 0. The van der Waals surface area contributed by atoms with Gasteiger partial charge in [0.25, 0.3) is 11.8 Å². The number of benzene rings is 2. The van der Waals surface area contributed by atoms with Gasteiger partial charge in [0.2, 0.25) is 0 Å². The molecule has 2 aromatic carbocycles. The first-order valence-corrected chi connectivity index (χ1v) is 9.31. The number of nitrogens with zero attached hydrogens (tertiary/aromatic N) is 2. The topological polar surface area (TPSA) is 75.4 Å². The Morgan fingerprint density at radius 1 is 1.14 bits per heavy atom. The molecule has 1 heterocycles. The van der Waals surface area contributed by atoms with Crippen LogP contribution in [0.4, 0.5) is 0 Å². The van der Waals surface area contributed by atoms with Crippen LogP contribution in [0.15, 0.2) is 77.8 Å². The Kier molecular flexibility index (Phi) is 6.58. The van der Waals surface area contributed by atoms with Crippen molar-refractivity contribution in [2.75, 3.05) is 6.54 Å². The van der Waals surface area contributed by atoms with E-state index in [-0.39, 0.29) is 24.1 Å². The minimum absolute atomic E-state index is 0.146. The lowest BCUT2D eigenvalue weighted by Crippen LogP contribution is -2.30. The van der Waals surface area contributed by atoms with E-state index in [2.05, 4.69) is 17.1 Å². The Bertz CT molecular complexity index is 978. The van der Waals surface area contributed by atoms with E-state index < -0.39 is 0 Å². The quantitative estimate of drug-likeness (QED) is 0.596. The van der Waals surface area contributed by atoms with Crippen LogP contribution in [0, 0.1) is 6.92 Å². The average Bonchev–Trinajstić information content (AvgIpc) is 3.21. The third-order valence-electron chi connectivity index (χ3n) is 4.37. The number of hydrogen-bond donors (Lipinski definition) is 1. The molecule has 148 valence electrons. The van der Waals surface area contributed by atoms with Crippen molar-refractivity contribution in [3.63, 3.8) is 0 Å². The fraction of sp³-hybridized carbons (Fsp3) is 0.174. The Balaban J connectivity index is 1.62. The van der Waals surface area contributed by atoms with Gasteiger partial charge in [0.1, 0.15) is 0 Å². The summed E-state index contributed by atoms with van der Waals surface area (Å²) in [7, 11) is 0. The van der Waals surface area contributed by atoms with Crippen molar-refractivity contribution in [1.29, 1.82) is 0 Å². The summed E-state index contributed by atoms with van der Waals surface area (Å²) in [6.45, 7) is 6.66. The van der Waals surface area contributed by atoms with Gasteiger partial charge in [-0.05, 0) is 24.6 Å². The summed E-state index contributed by atoms with van der Waals surface area (Å²) in [5.74, 6) is -0.0471. The Morgan fingerprint density at radius 3 is 2.55 bits per heavy atom. The molecule has 0 fully saturated rings. The Morgan fingerprint density at radius 2 is 1.86 bits per heavy atom. The maximum absolute atomic E-state index is 12.7. The van der Waals surface area contributed by atoms with Gasteiger partial charge in [-0.2, -0.15) is 0 Å². The lowest BCUT2D eigenvalue weighted by Gasteiger charge is -2.19. The van der Waals surface area contributed by atoms with Gasteiger partial charge < -0.3 is 14.7 Å². The first-order valence-electron chi connectivity index (χ1n) is 9.31. The number of carbonyl (C=O) groups is 2. The summed E-state index contributed by atoms with van der Waals surface area (Å²) in [6, 6.07) is 18.4. The van der Waals surface area contributed by atoms with Crippen molar-refractivity contribution in [1.82, 2.24) is 15.4 Å². The van der Waals surface area contributed by atoms with E-state index in [0.717, 1.165) is 11.1 Å². The minimum atomic E-state index is -0.328. The van der Waals surface area contributed by atoms with E-state index in [1.54, 1.807) is 29.2 Å². The number of aromatic nitrogens is 1. The maximum atomic E-state index is 12.7. The number of amides is 2. The molecular formula is C23H23N3O3. The summed E-state index contributed by atoms with van der Waals surface area (Å²) in [5.41, 5.74) is 2.91. The molecule has 1 N–H and O–H groups in total. The minimum Gasteiger partial charge on any atom is -0.359 e. The van der Waals surface area contributed by atoms with Crippen LogP contribution < -0.4 is 5.32 Å². The molecule has 6 heteroatoms. The number of hydrogen-bond acceptors (Lipinski definition) is 4. The van der Waals surface area contributed by atoms with Crippen LogP contribution in [-0.4, -0.2) is 28.4 Å². The fourth-order valence-corrected chi connectivity index (χ4v) is 2.80. The zero-order chi connectivity index (χ0) is 20.6. The molecule has 0 radical (unpaired) electrons. The second kappa shape index (κ2) is 9.50. The van der Waals surface area contributed by atoms with Crippen LogP contribution in [-0.2, 0) is 13.1 Å². The monoisotopic (exact) mass is 389 g/mol. The van der Waals surface area contributed by atoms with Crippen molar-refractivity contribution in [3.05, 3.63) is 101 Å². The van der Waals surface area contributed by atoms with Crippen molar-refractivity contribution in [2.24, 2.45) is 0 Å². The first kappa shape index (κ1) is 20.1. The van der Waals surface area contributed by atoms with Gasteiger partial charge in [-0.25, -0.2) is 0 Å². The van der Waals surface area contributed by atoms with Crippen molar-refractivity contribution in [2.45, 2.75) is 20.0 Å². The molecule has 2 amide bonds. The van der Waals surface area contributed by atoms with Gasteiger partial charge in [0, 0.05) is 24.7 Å². The Hall–Kier alpha value is -3.67. The SMILES string of the molecule is C=CCN(Cc1cc(C(=O)NCc2ccc(C)cc2)no1)C(=O)c1ccccc1. The van der Waals surface area contributed by atoms with Crippen LogP contribution >= 0.6 is 0 Å². The summed E-state index contributed by atoms with van der Waals surface area (Å²) < 4.78 is 5.28. The van der Waals surface area contributed by atoms with Gasteiger partial charge in [0.05, 0.1) is 6.54 Å². The van der Waals surface area contributed by atoms with Gasteiger partial charge >= 0.3 is 0 Å². The summed E-state index contributed by atoms with van der Waals surface area (Å²) in [6.07, 6.45) is 1.65. The predicted octanol–water partition coefficient (Wildman–Crippen LogP) is 3.74. The van der Waals surface area contributed by atoms with E-state index >= 15 is 0 Å². The molecule has 0 aliphatic carbocycles. The molecule has 1 aromatic heterocycles. The zero-order valence-electron chi connectivity index (χ0n) is 16.3. The lowest BCUT2D eigenvalue weighted by atomic mass is 10.1. The fourth-order valence-electron chi connectivity index (χ4n) is 2.80. The van der Waals surface area contributed by atoms with Crippen molar-refractivity contribution in [3.8, 4) is 0 Å². The highest BCUT2D eigenvalue weighted by Crippen LogP contribution is 2.12. The molecule has 0 aliphatic rings. The molecule has 0 unspecified atom stereocenters. The molecule has 3 rings (SSSR count). The first-order chi connectivity index (χ1) is 14.1. The van der Waals surface area contributed by atoms with E-state index in [1.165, 1.54) is 0 Å². The normalized spacial score (nSPS) is 10.4. The largest absolute Gasteiger partial charge is 0.359 e. The summed E-state index contributed by atoms with van der Waals surface area (Å²) in [5, 5.41) is 6.65. The highest BCUT2D eigenvalue weighted by molar-refractivity contribution is 5.94. The zero-order valence-corrected chi connectivity index (χ0v) is 16.3. The van der Waals surface area contributed by atoms with Crippen LogP contribution in [0.1, 0.15) is 37.7 Å². The standard InChI is InChI=1S/C23H23N3O3/c1-3-13-26(23(28)19-7-5-4-6-8-19)16-20-14-21(25-29-20)22(27)24-15-18-11-9-17(2)10-12-18/h3-12,14H,1,13,15-16H2,2H3,(H,24,27). The molecule has 3 aromatic rings. The van der Waals surface area contributed by atoms with E-state index in [0.29, 0.717) is 24.4 Å². The summed E-state index contributed by atoms with van der Waals surface area (Å²) in [4.78, 5) is 26.6. The van der Waals surface area contributed by atoms with Gasteiger partial charge in [-0.1, -0.05) is 59.3 Å². The molecule has 6 nitrogen and oxygen atoms in total. The molecule has 0 aliphatic heterocycles. The predicted molar refractivity (Wildman–Crippen MR) is 110 cm³/mol. The Labute approximate surface area is 169 Å². The number of rotatable bonds is 8. The molecule has 29 heavy (non-hydrogen) atoms. The van der Waals surface area contributed by atoms with Gasteiger partial charge in [0.15, 0.2) is 11.5 Å². The van der Waals surface area contributed by atoms with Crippen molar-refractivity contribution >= 4 is 11.8 Å². The molecular weight excluding hydrogens is 366 g/mol. The van der Waals surface area contributed by atoms with Crippen molar-refractivity contribution < 1.29 is 14.1 Å². The number of aryl methyl sites for hydroxylation is 1. The second-order valence-electron chi connectivity index (χ2n) is 6.69. The van der Waals surface area contributed by atoms with Crippen LogP contribution in [0.25, 0.3) is 0 Å². The van der Waals surface area contributed by atoms with Crippen LogP contribution in [0.3, 0.4) is 0 Å². The second-order valence-corrected chi connectivity index (χ2v) is 6.69. The molecule has 0 saturated heterocycles. The molecule has 0 atom stereocenters. The van der Waals surface area contributed by atoms with Gasteiger partial charge in [-0.15, -0.1) is 6.58 Å². The van der Waals surface area contributed by atoms with Crippen LogP contribution in [0.5, 0.6) is 0 Å². The third kappa shape index (κ3) is 5.42. The third-order valence-corrected chi connectivity index (χ3v) is 4.37. The molecule has 0 bridgehead atoms. The van der Waals surface area contributed by atoms with Gasteiger partial charge in [-0.3, -0.25) is 9.59 Å². The van der Waals surface area contributed by atoms with E-state index in [4.69, 9.17) is 4.52 Å². The molecule has 0 saturated carbocycles. The highest BCUT2D eigenvalue weighted by atomic mass is 16.5. The smallest absolute Gasteiger partial charge is 0.273 e. The average molecular weight is 389 g/mol. The number of nitrogens with one attached hydrogen (secondary N) is 1.